The molecule has 3 aromatic carbocycles. The molecule has 0 amide bonds. The Hall–Kier alpha value is -3.53. The minimum absolute atomic E-state index is 0.126. The highest BCUT2D eigenvalue weighted by atomic mass is 16.5. The van der Waals surface area contributed by atoms with Crippen LogP contribution in [0.4, 0.5) is 0 Å². The number of carbonyl (C=O) groups excluding carboxylic acids is 1. The minimum atomic E-state index is -0.126. The van der Waals surface area contributed by atoms with E-state index in [4.69, 9.17) is 14.2 Å². The lowest BCUT2D eigenvalue weighted by molar-refractivity contribution is 0.104. The van der Waals surface area contributed by atoms with E-state index in [0.29, 0.717) is 29.4 Å². The number of carbonyl (C=O) groups is 1. The smallest absolute Gasteiger partial charge is 0.189 e. The third-order valence-corrected chi connectivity index (χ3v) is 4.22. The maximum absolute atomic E-state index is 12.7. The first-order chi connectivity index (χ1) is 13.7. The summed E-state index contributed by atoms with van der Waals surface area (Å²) in [4.78, 5) is 12.7. The molecule has 28 heavy (non-hydrogen) atoms. The van der Waals surface area contributed by atoms with Gasteiger partial charge in [-0.3, -0.25) is 4.79 Å². The van der Waals surface area contributed by atoms with Crippen molar-refractivity contribution in [3.8, 4) is 17.2 Å². The molecule has 0 bridgehead atoms. The molecule has 3 aromatic rings. The third kappa shape index (κ3) is 4.80. The van der Waals surface area contributed by atoms with Crippen LogP contribution in [0.3, 0.4) is 0 Å². The van der Waals surface area contributed by atoms with Crippen LogP contribution in [0.1, 0.15) is 21.5 Å². The van der Waals surface area contributed by atoms with Gasteiger partial charge in [-0.1, -0.05) is 54.6 Å². The fraction of sp³-hybridized carbons (Fsp3) is 0.125. The second-order valence-electron chi connectivity index (χ2n) is 6.08. The van der Waals surface area contributed by atoms with E-state index in [1.807, 2.05) is 54.6 Å². The Labute approximate surface area is 165 Å². The fourth-order valence-electron chi connectivity index (χ4n) is 2.75. The van der Waals surface area contributed by atoms with Gasteiger partial charge in [-0.25, -0.2) is 0 Å². The monoisotopic (exact) mass is 374 g/mol. The van der Waals surface area contributed by atoms with E-state index in [-0.39, 0.29) is 5.78 Å². The van der Waals surface area contributed by atoms with Gasteiger partial charge in [-0.15, -0.1) is 0 Å². The van der Waals surface area contributed by atoms with Crippen LogP contribution in [-0.2, 0) is 6.61 Å². The molecule has 3 rings (SSSR count). The first-order valence-corrected chi connectivity index (χ1v) is 8.91. The number of para-hydroxylation sites is 1. The third-order valence-electron chi connectivity index (χ3n) is 4.22. The summed E-state index contributed by atoms with van der Waals surface area (Å²) in [6.45, 7) is 0.407. The molecule has 0 aromatic heterocycles. The van der Waals surface area contributed by atoms with Gasteiger partial charge in [0.15, 0.2) is 17.3 Å². The zero-order valence-electron chi connectivity index (χ0n) is 15.9. The van der Waals surface area contributed by atoms with E-state index in [2.05, 4.69) is 0 Å². The summed E-state index contributed by atoms with van der Waals surface area (Å²) in [6, 6.07) is 22.6. The van der Waals surface area contributed by atoms with Crippen molar-refractivity contribution >= 4 is 11.9 Å². The molecular weight excluding hydrogens is 352 g/mol. The lowest BCUT2D eigenvalue weighted by Crippen LogP contribution is -2.02. The number of allylic oxidation sites excluding steroid dienone is 1. The van der Waals surface area contributed by atoms with Crippen LogP contribution in [0.5, 0.6) is 17.2 Å². The fourth-order valence-corrected chi connectivity index (χ4v) is 2.75. The molecule has 0 aliphatic rings. The van der Waals surface area contributed by atoms with E-state index in [1.54, 1.807) is 38.5 Å². The molecule has 0 saturated carbocycles. The van der Waals surface area contributed by atoms with E-state index in [9.17, 15) is 4.79 Å². The van der Waals surface area contributed by atoms with Crippen molar-refractivity contribution in [3.63, 3.8) is 0 Å². The van der Waals surface area contributed by atoms with E-state index >= 15 is 0 Å². The normalized spacial score (nSPS) is 10.6. The molecule has 4 heteroatoms. The van der Waals surface area contributed by atoms with Crippen molar-refractivity contribution in [2.24, 2.45) is 0 Å². The zero-order chi connectivity index (χ0) is 19.8. The summed E-state index contributed by atoms with van der Waals surface area (Å²) < 4.78 is 16.4. The van der Waals surface area contributed by atoms with Crippen molar-refractivity contribution in [1.82, 2.24) is 0 Å². The maximum Gasteiger partial charge on any atom is 0.189 e. The van der Waals surface area contributed by atoms with Gasteiger partial charge in [-0.2, -0.15) is 0 Å². The van der Waals surface area contributed by atoms with Crippen LogP contribution >= 0.6 is 0 Å². The Morgan fingerprint density at radius 1 is 0.821 bits per heavy atom. The number of ketones is 1. The molecule has 0 saturated heterocycles. The Balaban J connectivity index is 1.75. The number of methoxy groups -OCH3 is 2. The lowest BCUT2D eigenvalue weighted by Gasteiger charge is -2.10. The van der Waals surface area contributed by atoms with Gasteiger partial charge < -0.3 is 14.2 Å². The van der Waals surface area contributed by atoms with Gasteiger partial charge in [0.2, 0.25) is 0 Å². The first kappa shape index (κ1) is 19.2. The van der Waals surface area contributed by atoms with Gasteiger partial charge in [0.05, 0.1) is 19.8 Å². The summed E-state index contributed by atoms with van der Waals surface area (Å²) in [5, 5.41) is 0. The molecule has 0 N–H and O–H groups in total. The van der Waals surface area contributed by atoms with Gasteiger partial charge in [0, 0.05) is 0 Å². The molecular formula is C24H22O4. The second kappa shape index (κ2) is 9.42. The summed E-state index contributed by atoms with van der Waals surface area (Å²) in [5.41, 5.74) is 2.41. The van der Waals surface area contributed by atoms with Gasteiger partial charge in [0.1, 0.15) is 12.4 Å². The first-order valence-electron chi connectivity index (χ1n) is 8.91. The number of benzene rings is 3. The van der Waals surface area contributed by atoms with Gasteiger partial charge in [0.25, 0.3) is 0 Å². The van der Waals surface area contributed by atoms with E-state index < -0.39 is 0 Å². The molecule has 0 atom stereocenters. The van der Waals surface area contributed by atoms with Gasteiger partial charge >= 0.3 is 0 Å². The number of hydrogen-bond acceptors (Lipinski definition) is 4. The molecule has 0 heterocycles. The second-order valence-corrected chi connectivity index (χ2v) is 6.08. The standard InChI is InChI=1S/C24H22O4/c1-26-23-15-13-18(16-24(23)27-2)12-14-21(25)20-10-6-7-11-22(20)28-17-19-8-4-3-5-9-19/h3-16H,17H2,1-2H3/b14-12-. The summed E-state index contributed by atoms with van der Waals surface area (Å²) >= 11 is 0. The van der Waals surface area contributed by atoms with E-state index in [0.717, 1.165) is 11.1 Å². The van der Waals surface area contributed by atoms with Crippen molar-refractivity contribution in [2.75, 3.05) is 14.2 Å². The topological polar surface area (TPSA) is 44.8 Å². The Kier molecular flexibility index (Phi) is 6.47. The highest BCUT2D eigenvalue weighted by Gasteiger charge is 2.10. The van der Waals surface area contributed by atoms with Crippen molar-refractivity contribution < 1.29 is 19.0 Å². The SMILES string of the molecule is COc1ccc(/C=C\C(=O)c2ccccc2OCc2ccccc2)cc1OC. The number of rotatable bonds is 8. The quantitative estimate of drug-likeness (QED) is 0.403. The lowest BCUT2D eigenvalue weighted by atomic mass is 10.1. The largest absolute Gasteiger partial charge is 0.493 e. The summed E-state index contributed by atoms with van der Waals surface area (Å²) in [7, 11) is 3.17. The van der Waals surface area contributed by atoms with Crippen LogP contribution < -0.4 is 14.2 Å². The summed E-state index contributed by atoms with van der Waals surface area (Å²) in [5.74, 6) is 1.70. The van der Waals surface area contributed by atoms with Crippen molar-refractivity contribution in [2.45, 2.75) is 6.61 Å². The molecule has 4 nitrogen and oxygen atoms in total. The minimum Gasteiger partial charge on any atom is -0.493 e. The van der Waals surface area contributed by atoms with Crippen LogP contribution in [0, 0.1) is 0 Å². The van der Waals surface area contributed by atoms with Crippen LogP contribution in [0.2, 0.25) is 0 Å². The predicted molar refractivity (Wildman–Crippen MR) is 110 cm³/mol. The number of ether oxygens (including phenoxy) is 3. The Morgan fingerprint density at radius 2 is 1.54 bits per heavy atom. The molecule has 0 spiro atoms. The van der Waals surface area contributed by atoms with Gasteiger partial charge in [-0.05, 0) is 41.5 Å². The maximum atomic E-state index is 12.7. The highest BCUT2D eigenvalue weighted by Crippen LogP contribution is 2.28. The van der Waals surface area contributed by atoms with Crippen LogP contribution in [0.15, 0.2) is 78.9 Å². The molecule has 0 fully saturated rings. The predicted octanol–water partition coefficient (Wildman–Crippen LogP) is 5.18. The van der Waals surface area contributed by atoms with Crippen molar-refractivity contribution in [1.29, 1.82) is 0 Å². The van der Waals surface area contributed by atoms with Crippen molar-refractivity contribution in [3.05, 3.63) is 95.6 Å². The number of hydrogen-bond donors (Lipinski definition) is 0. The average Bonchev–Trinajstić information content (AvgIpc) is 2.76. The zero-order valence-corrected chi connectivity index (χ0v) is 15.9. The molecule has 142 valence electrons. The average molecular weight is 374 g/mol. The van der Waals surface area contributed by atoms with E-state index in [1.165, 1.54) is 6.08 Å². The summed E-state index contributed by atoms with van der Waals surface area (Å²) in [6.07, 6.45) is 3.28. The molecule has 0 aliphatic carbocycles. The van der Waals surface area contributed by atoms with Crippen LogP contribution in [0.25, 0.3) is 6.08 Å². The molecule has 0 aliphatic heterocycles. The Morgan fingerprint density at radius 3 is 2.29 bits per heavy atom. The molecule has 0 radical (unpaired) electrons. The van der Waals surface area contributed by atoms with Crippen LogP contribution in [-0.4, -0.2) is 20.0 Å². The highest BCUT2D eigenvalue weighted by molar-refractivity contribution is 6.08. The molecule has 0 unspecified atom stereocenters. The Bertz CT molecular complexity index is 961.